The Labute approximate surface area is 94.7 Å². The Hall–Kier alpha value is -0.240. The highest BCUT2D eigenvalue weighted by Crippen LogP contribution is 2.16. The molecule has 1 unspecified atom stereocenters. The SMILES string of the molecule is C1CO1.OCC(CO)(CO)COCC1CO1. The molecule has 2 rings (SSSR count). The van der Waals surface area contributed by atoms with Crippen LogP contribution in [0.1, 0.15) is 0 Å². The van der Waals surface area contributed by atoms with Crippen LogP contribution in [-0.4, -0.2) is 74.3 Å². The zero-order valence-electron chi connectivity index (χ0n) is 9.30. The smallest absolute Gasteiger partial charge is 0.104 e. The zero-order valence-corrected chi connectivity index (χ0v) is 9.30. The highest BCUT2D eigenvalue weighted by molar-refractivity contribution is 4.77. The zero-order chi connectivity index (χ0) is 11.9. The summed E-state index contributed by atoms with van der Waals surface area (Å²) in [5.74, 6) is 0. The van der Waals surface area contributed by atoms with Crippen molar-refractivity contribution in [2.45, 2.75) is 6.10 Å². The molecule has 0 saturated carbocycles. The van der Waals surface area contributed by atoms with E-state index in [2.05, 4.69) is 4.74 Å². The fraction of sp³-hybridized carbons (Fsp3) is 1.00. The number of epoxide rings is 2. The molecule has 2 aliphatic heterocycles. The standard InChI is InChI=1S/C8H16O5.C2H4O/c9-3-8(4-10,5-11)6-12-1-7-2-13-7;1-2-3-1/h7,9-11H,1-6H2;1-2H2. The molecule has 0 bridgehead atoms. The first-order chi connectivity index (χ1) is 7.76. The summed E-state index contributed by atoms with van der Waals surface area (Å²) in [4.78, 5) is 0. The lowest BCUT2D eigenvalue weighted by molar-refractivity contribution is -0.0598. The molecule has 2 aliphatic rings. The number of rotatable bonds is 7. The van der Waals surface area contributed by atoms with Gasteiger partial charge >= 0.3 is 0 Å². The lowest BCUT2D eigenvalue weighted by Crippen LogP contribution is -2.39. The van der Waals surface area contributed by atoms with Gasteiger partial charge in [-0.05, 0) is 0 Å². The van der Waals surface area contributed by atoms with Gasteiger partial charge in [0.05, 0.1) is 58.3 Å². The summed E-state index contributed by atoms with van der Waals surface area (Å²) in [7, 11) is 0. The van der Waals surface area contributed by atoms with Gasteiger partial charge in [-0.15, -0.1) is 0 Å². The van der Waals surface area contributed by atoms with Crippen molar-refractivity contribution >= 4 is 0 Å². The molecule has 0 aromatic rings. The van der Waals surface area contributed by atoms with Gasteiger partial charge in [-0.3, -0.25) is 0 Å². The third kappa shape index (κ3) is 5.74. The summed E-state index contributed by atoms with van der Waals surface area (Å²) in [5.41, 5.74) is -0.922. The maximum atomic E-state index is 8.93. The molecule has 2 heterocycles. The number of aliphatic hydroxyl groups excluding tert-OH is 3. The summed E-state index contributed by atoms with van der Waals surface area (Å²) < 4.78 is 14.6. The van der Waals surface area contributed by atoms with Gasteiger partial charge in [0, 0.05) is 0 Å². The second kappa shape index (κ2) is 7.16. The average molecular weight is 236 g/mol. The van der Waals surface area contributed by atoms with Gasteiger partial charge < -0.3 is 29.5 Å². The molecule has 0 aromatic heterocycles. The molecule has 0 aromatic carbocycles. The summed E-state index contributed by atoms with van der Waals surface area (Å²) in [5, 5.41) is 26.8. The van der Waals surface area contributed by atoms with Gasteiger partial charge in [-0.1, -0.05) is 0 Å². The van der Waals surface area contributed by atoms with Crippen LogP contribution in [0.25, 0.3) is 0 Å². The monoisotopic (exact) mass is 236 g/mol. The Morgan fingerprint density at radius 3 is 1.94 bits per heavy atom. The van der Waals surface area contributed by atoms with Crippen molar-refractivity contribution in [1.29, 1.82) is 0 Å². The van der Waals surface area contributed by atoms with Crippen LogP contribution in [0.3, 0.4) is 0 Å². The maximum Gasteiger partial charge on any atom is 0.104 e. The van der Waals surface area contributed by atoms with E-state index in [9.17, 15) is 0 Å². The third-order valence-corrected chi connectivity index (χ3v) is 2.32. The Bertz CT molecular complexity index is 165. The highest BCUT2D eigenvalue weighted by atomic mass is 16.6. The van der Waals surface area contributed by atoms with Crippen LogP contribution in [0.15, 0.2) is 0 Å². The fourth-order valence-electron chi connectivity index (χ4n) is 0.858. The molecule has 96 valence electrons. The van der Waals surface area contributed by atoms with E-state index in [0.717, 1.165) is 13.2 Å². The molecule has 1 atom stereocenters. The Morgan fingerprint density at radius 2 is 1.62 bits per heavy atom. The van der Waals surface area contributed by atoms with Gasteiger partial charge in [-0.2, -0.15) is 0 Å². The number of hydrogen-bond donors (Lipinski definition) is 3. The van der Waals surface area contributed by atoms with Gasteiger partial charge in [0.1, 0.15) is 6.10 Å². The Morgan fingerprint density at radius 1 is 1.12 bits per heavy atom. The van der Waals surface area contributed by atoms with Crippen LogP contribution in [-0.2, 0) is 14.2 Å². The van der Waals surface area contributed by atoms with Crippen LogP contribution in [0.4, 0.5) is 0 Å². The third-order valence-electron chi connectivity index (χ3n) is 2.32. The summed E-state index contributed by atoms with van der Waals surface area (Å²) >= 11 is 0. The van der Waals surface area contributed by atoms with Crippen LogP contribution >= 0.6 is 0 Å². The second-order valence-corrected chi connectivity index (χ2v) is 4.06. The highest BCUT2D eigenvalue weighted by Gasteiger charge is 2.30. The van der Waals surface area contributed by atoms with Gasteiger partial charge in [-0.25, -0.2) is 0 Å². The fourth-order valence-corrected chi connectivity index (χ4v) is 0.858. The molecule has 2 fully saturated rings. The van der Waals surface area contributed by atoms with E-state index in [4.69, 9.17) is 24.8 Å². The molecule has 0 radical (unpaired) electrons. The van der Waals surface area contributed by atoms with Gasteiger partial charge in [0.15, 0.2) is 0 Å². The van der Waals surface area contributed by atoms with Crippen molar-refractivity contribution in [3.63, 3.8) is 0 Å². The molecular weight excluding hydrogens is 216 g/mol. The molecule has 0 amide bonds. The summed E-state index contributed by atoms with van der Waals surface area (Å²) in [6.07, 6.45) is 0.161. The topological polar surface area (TPSA) is 95.0 Å². The largest absolute Gasteiger partial charge is 0.396 e. The predicted octanol–water partition coefficient (Wildman–Crippen LogP) is -1.62. The van der Waals surface area contributed by atoms with Crippen LogP contribution < -0.4 is 0 Å². The van der Waals surface area contributed by atoms with Gasteiger partial charge in [0.2, 0.25) is 0 Å². The quantitative estimate of drug-likeness (QED) is 0.460. The second-order valence-electron chi connectivity index (χ2n) is 4.06. The van der Waals surface area contributed by atoms with E-state index in [1.54, 1.807) is 0 Å². The number of hydrogen-bond acceptors (Lipinski definition) is 6. The van der Waals surface area contributed by atoms with E-state index in [1.165, 1.54) is 0 Å². The lowest BCUT2D eigenvalue weighted by atomic mass is 9.93. The van der Waals surface area contributed by atoms with Crippen molar-refractivity contribution in [2.75, 3.05) is 52.9 Å². The summed E-state index contributed by atoms with van der Waals surface area (Å²) in [6, 6.07) is 0. The van der Waals surface area contributed by atoms with E-state index in [-0.39, 0.29) is 32.5 Å². The van der Waals surface area contributed by atoms with E-state index in [0.29, 0.717) is 13.2 Å². The molecule has 3 N–H and O–H groups in total. The van der Waals surface area contributed by atoms with Crippen molar-refractivity contribution in [3.05, 3.63) is 0 Å². The average Bonchev–Trinajstić information content (AvgIpc) is 3.19. The van der Waals surface area contributed by atoms with E-state index >= 15 is 0 Å². The minimum absolute atomic E-state index is 0.149. The molecule has 2 saturated heterocycles. The van der Waals surface area contributed by atoms with Crippen molar-refractivity contribution in [1.82, 2.24) is 0 Å². The maximum absolute atomic E-state index is 8.93. The molecule has 0 aliphatic carbocycles. The van der Waals surface area contributed by atoms with Crippen molar-refractivity contribution < 1.29 is 29.5 Å². The van der Waals surface area contributed by atoms with Crippen LogP contribution in [0, 0.1) is 5.41 Å². The molecular formula is C10H20O6. The number of aliphatic hydroxyl groups is 3. The van der Waals surface area contributed by atoms with Crippen LogP contribution in [0.2, 0.25) is 0 Å². The summed E-state index contributed by atoms with van der Waals surface area (Å²) in [6.45, 7) is 2.46. The molecule has 0 spiro atoms. The lowest BCUT2D eigenvalue weighted by Gasteiger charge is -2.26. The minimum Gasteiger partial charge on any atom is -0.396 e. The minimum atomic E-state index is -0.922. The number of ether oxygens (including phenoxy) is 3. The van der Waals surface area contributed by atoms with Crippen molar-refractivity contribution in [3.8, 4) is 0 Å². The van der Waals surface area contributed by atoms with Gasteiger partial charge in [0.25, 0.3) is 0 Å². The predicted molar refractivity (Wildman–Crippen MR) is 55.1 cm³/mol. The first-order valence-electron chi connectivity index (χ1n) is 5.36. The van der Waals surface area contributed by atoms with Crippen molar-refractivity contribution in [2.24, 2.45) is 5.41 Å². The first-order valence-corrected chi connectivity index (χ1v) is 5.36. The first kappa shape index (κ1) is 13.8. The van der Waals surface area contributed by atoms with E-state index < -0.39 is 5.41 Å². The normalized spacial score (nSPS) is 22.3. The Kier molecular flexibility index (Phi) is 6.18. The molecule has 6 heteroatoms. The van der Waals surface area contributed by atoms with E-state index in [1.807, 2.05) is 0 Å². The molecule has 6 nitrogen and oxygen atoms in total. The van der Waals surface area contributed by atoms with Crippen LogP contribution in [0.5, 0.6) is 0 Å². The Balaban J connectivity index is 0.000000365. The molecule has 16 heavy (non-hydrogen) atoms.